The first kappa shape index (κ1) is 20.0. The highest BCUT2D eigenvalue weighted by atomic mass is 32.1. The first-order valence-electron chi connectivity index (χ1n) is 10.6. The number of aromatic amines is 1. The predicted molar refractivity (Wildman–Crippen MR) is 119 cm³/mol. The summed E-state index contributed by atoms with van der Waals surface area (Å²) in [4.78, 5) is 20.0. The van der Waals surface area contributed by atoms with Crippen LogP contribution in [0.3, 0.4) is 0 Å². The van der Waals surface area contributed by atoms with Gasteiger partial charge in [-0.1, -0.05) is 6.92 Å². The second kappa shape index (κ2) is 8.68. The lowest BCUT2D eigenvalue weighted by Crippen LogP contribution is -2.32. The Balaban J connectivity index is 1.27. The third kappa shape index (κ3) is 4.42. The van der Waals surface area contributed by atoms with Crippen molar-refractivity contribution >= 4 is 22.4 Å². The van der Waals surface area contributed by atoms with Crippen LogP contribution < -0.4 is 14.8 Å². The standard InChI is InChI=1S/C22H25N5O3S/c1-14-4-6-27(7-5-14)12-16-13-31-22(24-16)25-21(28)17-11-23-26-20(17)15-2-3-18-19(10-15)30-9-8-29-18/h2-3,10-11,13-14H,4-9,12H2,1H3,(H,23,26)(H,24,25,28). The van der Waals surface area contributed by atoms with Crippen LogP contribution in [0, 0.1) is 5.92 Å². The minimum Gasteiger partial charge on any atom is -0.486 e. The molecule has 0 spiro atoms. The SMILES string of the molecule is CC1CCN(Cc2csc(NC(=O)c3cn[nH]c3-c3ccc4c(c3)OCCO4)n2)CC1. The Morgan fingerprint density at radius 1 is 1.26 bits per heavy atom. The molecule has 9 heteroatoms. The molecule has 2 aromatic heterocycles. The number of nitrogens with one attached hydrogen (secondary N) is 2. The molecule has 0 bridgehead atoms. The number of rotatable bonds is 5. The number of amides is 1. The van der Waals surface area contributed by atoms with Gasteiger partial charge in [0.15, 0.2) is 16.6 Å². The van der Waals surface area contributed by atoms with E-state index in [9.17, 15) is 4.79 Å². The van der Waals surface area contributed by atoms with Gasteiger partial charge in [-0.15, -0.1) is 11.3 Å². The van der Waals surface area contributed by atoms with Gasteiger partial charge in [-0.05, 0) is 50.0 Å². The zero-order chi connectivity index (χ0) is 21.2. The van der Waals surface area contributed by atoms with E-state index in [1.807, 2.05) is 23.6 Å². The number of piperidine rings is 1. The van der Waals surface area contributed by atoms with Crippen molar-refractivity contribution < 1.29 is 14.3 Å². The Kier molecular flexibility index (Phi) is 5.61. The topological polar surface area (TPSA) is 92.4 Å². The third-order valence-corrected chi connectivity index (χ3v) is 6.56. The number of hydrogen-bond acceptors (Lipinski definition) is 7. The molecule has 0 atom stereocenters. The van der Waals surface area contributed by atoms with Crippen LogP contribution >= 0.6 is 11.3 Å². The molecule has 8 nitrogen and oxygen atoms in total. The van der Waals surface area contributed by atoms with Crippen LogP contribution in [0.1, 0.15) is 35.8 Å². The normalized spacial score (nSPS) is 16.9. The highest BCUT2D eigenvalue weighted by Gasteiger charge is 2.20. The number of ether oxygens (including phenoxy) is 2. The number of thiazole rings is 1. The summed E-state index contributed by atoms with van der Waals surface area (Å²) in [6, 6.07) is 5.60. The second-order valence-electron chi connectivity index (χ2n) is 8.07. The maximum absolute atomic E-state index is 12.9. The summed E-state index contributed by atoms with van der Waals surface area (Å²) < 4.78 is 11.2. The number of carbonyl (C=O) groups is 1. The van der Waals surface area contributed by atoms with Crippen molar-refractivity contribution in [3.05, 3.63) is 41.0 Å². The second-order valence-corrected chi connectivity index (χ2v) is 8.93. The van der Waals surface area contributed by atoms with Crippen LogP contribution in [0.25, 0.3) is 11.3 Å². The molecule has 2 aliphatic heterocycles. The van der Waals surface area contributed by atoms with Crippen molar-refractivity contribution in [3.8, 4) is 22.8 Å². The van der Waals surface area contributed by atoms with Crippen LogP contribution in [0.5, 0.6) is 11.5 Å². The van der Waals surface area contributed by atoms with Gasteiger partial charge in [0, 0.05) is 17.5 Å². The summed E-state index contributed by atoms with van der Waals surface area (Å²) in [7, 11) is 0. The van der Waals surface area contributed by atoms with Crippen molar-refractivity contribution in [2.45, 2.75) is 26.3 Å². The van der Waals surface area contributed by atoms with Gasteiger partial charge in [0.05, 0.1) is 23.1 Å². The molecule has 4 heterocycles. The third-order valence-electron chi connectivity index (χ3n) is 5.75. The molecule has 3 aromatic rings. The van der Waals surface area contributed by atoms with Gasteiger partial charge in [-0.3, -0.25) is 20.1 Å². The molecule has 2 N–H and O–H groups in total. The molecule has 1 saturated heterocycles. The summed E-state index contributed by atoms with van der Waals surface area (Å²) in [6.07, 6.45) is 4.00. The molecule has 1 amide bonds. The molecule has 0 radical (unpaired) electrons. The lowest BCUT2D eigenvalue weighted by molar-refractivity contribution is 0.102. The van der Waals surface area contributed by atoms with E-state index in [2.05, 4.69) is 32.3 Å². The molecule has 31 heavy (non-hydrogen) atoms. The van der Waals surface area contributed by atoms with Crippen LogP contribution in [-0.2, 0) is 6.54 Å². The van der Waals surface area contributed by atoms with E-state index in [0.29, 0.717) is 41.1 Å². The van der Waals surface area contributed by atoms with Gasteiger partial charge < -0.3 is 9.47 Å². The van der Waals surface area contributed by atoms with E-state index in [4.69, 9.17) is 9.47 Å². The van der Waals surface area contributed by atoms with Gasteiger partial charge in [0.2, 0.25) is 0 Å². The molecular weight excluding hydrogens is 414 g/mol. The summed E-state index contributed by atoms with van der Waals surface area (Å²) in [5.41, 5.74) is 2.90. The number of aromatic nitrogens is 3. The van der Waals surface area contributed by atoms with Crippen molar-refractivity contribution in [1.29, 1.82) is 0 Å². The maximum Gasteiger partial charge on any atom is 0.261 e. The predicted octanol–water partition coefficient (Wildman–Crippen LogP) is 3.79. The van der Waals surface area contributed by atoms with Crippen molar-refractivity contribution in [3.63, 3.8) is 0 Å². The molecule has 5 rings (SSSR count). The van der Waals surface area contributed by atoms with E-state index >= 15 is 0 Å². The lowest BCUT2D eigenvalue weighted by atomic mass is 9.99. The van der Waals surface area contributed by atoms with Crippen molar-refractivity contribution in [2.75, 3.05) is 31.6 Å². The first-order valence-corrected chi connectivity index (χ1v) is 11.4. The summed E-state index contributed by atoms with van der Waals surface area (Å²) in [5.74, 6) is 1.94. The highest BCUT2D eigenvalue weighted by molar-refractivity contribution is 7.14. The van der Waals surface area contributed by atoms with Crippen LogP contribution in [-0.4, -0.2) is 52.3 Å². The Morgan fingerprint density at radius 3 is 2.90 bits per heavy atom. The molecular formula is C22H25N5O3S. The van der Waals surface area contributed by atoms with E-state index in [1.165, 1.54) is 30.4 Å². The number of fused-ring (bicyclic) bond motifs is 1. The number of likely N-dealkylation sites (tertiary alicyclic amines) is 1. The van der Waals surface area contributed by atoms with E-state index in [-0.39, 0.29) is 5.91 Å². The van der Waals surface area contributed by atoms with Crippen LogP contribution in [0.2, 0.25) is 0 Å². The zero-order valence-electron chi connectivity index (χ0n) is 17.4. The minimum atomic E-state index is -0.244. The van der Waals surface area contributed by atoms with Gasteiger partial charge in [0.1, 0.15) is 13.2 Å². The quantitative estimate of drug-likeness (QED) is 0.628. The number of benzene rings is 1. The van der Waals surface area contributed by atoms with Gasteiger partial charge >= 0.3 is 0 Å². The average molecular weight is 440 g/mol. The van der Waals surface area contributed by atoms with Gasteiger partial charge in [-0.25, -0.2) is 4.98 Å². The first-order chi connectivity index (χ1) is 15.2. The molecule has 1 aromatic carbocycles. The van der Waals surface area contributed by atoms with Crippen molar-refractivity contribution in [2.24, 2.45) is 5.92 Å². The Hall–Kier alpha value is -2.91. The number of H-pyrrole nitrogens is 1. The average Bonchev–Trinajstić information content (AvgIpc) is 3.45. The smallest absolute Gasteiger partial charge is 0.261 e. The number of anilines is 1. The van der Waals surface area contributed by atoms with Gasteiger partial charge in [0.25, 0.3) is 5.91 Å². The highest BCUT2D eigenvalue weighted by Crippen LogP contribution is 2.35. The molecule has 2 aliphatic rings. The fourth-order valence-corrected chi connectivity index (χ4v) is 4.62. The minimum absolute atomic E-state index is 0.244. The largest absolute Gasteiger partial charge is 0.486 e. The number of hydrogen-bond donors (Lipinski definition) is 2. The summed E-state index contributed by atoms with van der Waals surface area (Å²) in [6.45, 7) is 6.39. The summed E-state index contributed by atoms with van der Waals surface area (Å²) in [5, 5.41) is 12.5. The van der Waals surface area contributed by atoms with Gasteiger partial charge in [-0.2, -0.15) is 5.10 Å². The molecule has 0 saturated carbocycles. The maximum atomic E-state index is 12.9. The van der Waals surface area contributed by atoms with Crippen LogP contribution in [0.15, 0.2) is 29.8 Å². The van der Waals surface area contributed by atoms with Crippen LogP contribution in [0.4, 0.5) is 5.13 Å². The number of nitrogens with zero attached hydrogens (tertiary/aromatic N) is 3. The van der Waals surface area contributed by atoms with Crippen molar-refractivity contribution in [1.82, 2.24) is 20.1 Å². The molecule has 0 aliphatic carbocycles. The monoisotopic (exact) mass is 439 g/mol. The van der Waals surface area contributed by atoms with E-state index in [0.717, 1.165) is 36.8 Å². The summed E-state index contributed by atoms with van der Waals surface area (Å²) >= 11 is 1.45. The fourth-order valence-electron chi connectivity index (χ4n) is 3.93. The molecule has 162 valence electrons. The Labute approximate surface area is 184 Å². The molecule has 1 fully saturated rings. The Morgan fingerprint density at radius 2 is 2.06 bits per heavy atom. The van der Waals surface area contributed by atoms with E-state index in [1.54, 1.807) is 0 Å². The van der Waals surface area contributed by atoms with E-state index < -0.39 is 0 Å². The Bertz CT molecular complexity index is 1070. The lowest BCUT2D eigenvalue weighted by Gasteiger charge is -2.29. The number of carbonyl (C=O) groups excluding carboxylic acids is 1. The zero-order valence-corrected chi connectivity index (χ0v) is 18.2. The molecule has 0 unspecified atom stereocenters. The fraction of sp³-hybridized carbons (Fsp3) is 0.409.